The van der Waals surface area contributed by atoms with Gasteiger partial charge in [0, 0.05) is 0 Å². The summed E-state index contributed by atoms with van der Waals surface area (Å²) in [6, 6.07) is 7.52. The second-order valence-corrected chi connectivity index (χ2v) is 6.26. The Labute approximate surface area is 152 Å². The van der Waals surface area contributed by atoms with Crippen LogP contribution >= 0.6 is 11.3 Å². The average Bonchev–Trinajstić information content (AvgIpc) is 3.19. The number of para-hydroxylation sites is 1. The van der Waals surface area contributed by atoms with Crippen molar-refractivity contribution in [3.05, 3.63) is 23.8 Å². The Morgan fingerprint density at radius 3 is 2.12 bits per heavy atom. The van der Waals surface area contributed by atoms with E-state index in [1.165, 1.54) is 33.8 Å². The Hall–Kier alpha value is -1.13. The molecule has 0 amide bonds. The number of fused-ring (bicyclic) bond motifs is 3. The van der Waals surface area contributed by atoms with Crippen LogP contribution < -0.4 is 4.90 Å². The SMILES string of the molecule is CC.CC.CC.Cc1cccc2sc(N3C4CCC3COC4)nc12. The third kappa shape index (κ3) is 4.28. The highest BCUT2D eigenvalue weighted by molar-refractivity contribution is 7.22. The molecule has 2 unspecified atom stereocenters. The monoisotopic (exact) mass is 350 g/mol. The molecule has 0 saturated carbocycles. The lowest BCUT2D eigenvalue weighted by molar-refractivity contribution is 0.0906. The number of hydrogen-bond acceptors (Lipinski definition) is 4. The quantitative estimate of drug-likeness (QED) is 0.626. The number of thiazole rings is 1. The van der Waals surface area contributed by atoms with E-state index in [-0.39, 0.29) is 0 Å². The molecule has 136 valence electrons. The summed E-state index contributed by atoms with van der Waals surface area (Å²) in [7, 11) is 0. The summed E-state index contributed by atoms with van der Waals surface area (Å²) in [5.74, 6) is 0. The molecule has 2 fully saturated rings. The van der Waals surface area contributed by atoms with Crippen LogP contribution in [0.1, 0.15) is 59.9 Å². The lowest BCUT2D eigenvalue weighted by Gasteiger charge is -2.34. The first kappa shape index (κ1) is 20.9. The maximum Gasteiger partial charge on any atom is 0.187 e. The van der Waals surface area contributed by atoms with Crippen molar-refractivity contribution in [2.24, 2.45) is 0 Å². The first-order valence-corrected chi connectivity index (χ1v) is 10.4. The molecule has 24 heavy (non-hydrogen) atoms. The van der Waals surface area contributed by atoms with E-state index < -0.39 is 0 Å². The van der Waals surface area contributed by atoms with E-state index in [0.717, 1.165) is 13.2 Å². The lowest BCUT2D eigenvalue weighted by Crippen LogP contribution is -2.45. The van der Waals surface area contributed by atoms with E-state index in [9.17, 15) is 0 Å². The zero-order valence-electron chi connectivity index (χ0n) is 16.4. The fourth-order valence-corrected chi connectivity index (χ4v) is 4.31. The van der Waals surface area contributed by atoms with Crippen molar-refractivity contribution in [2.75, 3.05) is 18.1 Å². The molecule has 2 saturated heterocycles. The number of hydrogen-bond donors (Lipinski definition) is 0. The van der Waals surface area contributed by atoms with Crippen molar-refractivity contribution in [1.29, 1.82) is 0 Å². The fourth-order valence-electron chi connectivity index (χ4n) is 3.13. The van der Waals surface area contributed by atoms with Crippen LogP contribution in [0.25, 0.3) is 10.2 Å². The zero-order chi connectivity index (χ0) is 18.1. The van der Waals surface area contributed by atoms with Crippen LogP contribution in [0.3, 0.4) is 0 Å². The van der Waals surface area contributed by atoms with E-state index >= 15 is 0 Å². The van der Waals surface area contributed by atoms with Gasteiger partial charge in [0.05, 0.1) is 35.5 Å². The summed E-state index contributed by atoms with van der Waals surface area (Å²) in [6.07, 6.45) is 2.50. The summed E-state index contributed by atoms with van der Waals surface area (Å²) in [6.45, 7) is 15.9. The maximum atomic E-state index is 5.64. The second kappa shape index (κ2) is 10.7. The molecule has 2 bridgehead atoms. The standard InChI is InChI=1S/C14H16N2OS.3C2H6/c1-9-3-2-4-12-13(9)15-14(18-12)16-10-5-6-11(16)8-17-7-10;3*1-2/h2-4,10-11H,5-8H2,1H3;3*1-2H3. The van der Waals surface area contributed by atoms with Crippen molar-refractivity contribution in [3.8, 4) is 0 Å². The summed E-state index contributed by atoms with van der Waals surface area (Å²) >= 11 is 1.82. The Balaban J connectivity index is 0.000000436. The van der Waals surface area contributed by atoms with Gasteiger partial charge in [-0.25, -0.2) is 4.98 Å². The first-order valence-electron chi connectivity index (χ1n) is 9.55. The van der Waals surface area contributed by atoms with Crippen LogP contribution in [0.15, 0.2) is 18.2 Å². The molecule has 3 nitrogen and oxygen atoms in total. The van der Waals surface area contributed by atoms with Gasteiger partial charge in [-0.2, -0.15) is 0 Å². The van der Waals surface area contributed by atoms with Crippen molar-refractivity contribution in [3.63, 3.8) is 0 Å². The minimum absolute atomic E-state index is 0.546. The molecule has 0 N–H and O–H groups in total. The van der Waals surface area contributed by atoms with Crippen LogP contribution in [-0.4, -0.2) is 30.3 Å². The summed E-state index contributed by atoms with van der Waals surface area (Å²) in [4.78, 5) is 7.37. The third-order valence-corrected chi connectivity index (χ3v) is 5.10. The number of ether oxygens (including phenoxy) is 1. The average molecular weight is 351 g/mol. The van der Waals surface area contributed by atoms with Crippen molar-refractivity contribution in [1.82, 2.24) is 4.98 Å². The Kier molecular flexibility index (Phi) is 9.30. The van der Waals surface area contributed by atoms with Gasteiger partial charge in [-0.1, -0.05) is 65.0 Å². The highest BCUT2D eigenvalue weighted by Gasteiger charge is 2.38. The first-order chi connectivity index (χ1) is 11.8. The number of morpholine rings is 1. The highest BCUT2D eigenvalue weighted by Crippen LogP contribution is 2.38. The largest absolute Gasteiger partial charge is 0.377 e. The maximum absolute atomic E-state index is 5.64. The molecule has 1 aromatic heterocycles. The van der Waals surface area contributed by atoms with E-state index in [2.05, 4.69) is 30.0 Å². The molecular weight excluding hydrogens is 316 g/mol. The minimum atomic E-state index is 0.546. The molecule has 1 aromatic carbocycles. The van der Waals surface area contributed by atoms with Crippen LogP contribution in [-0.2, 0) is 4.74 Å². The predicted octanol–water partition coefficient (Wildman–Crippen LogP) is 6.05. The van der Waals surface area contributed by atoms with Gasteiger partial charge < -0.3 is 9.64 Å². The fraction of sp³-hybridized carbons (Fsp3) is 0.650. The molecule has 0 radical (unpaired) electrons. The van der Waals surface area contributed by atoms with E-state index in [4.69, 9.17) is 9.72 Å². The van der Waals surface area contributed by atoms with Gasteiger partial charge in [0.15, 0.2) is 5.13 Å². The lowest BCUT2D eigenvalue weighted by atomic mass is 10.2. The van der Waals surface area contributed by atoms with Gasteiger partial charge in [-0.3, -0.25) is 0 Å². The summed E-state index contributed by atoms with van der Waals surface area (Å²) in [5.41, 5.74) is 2.44. The number of aryl methyl sites for hydroxylation is 1. The number of nitrogens with zero attached hydrogens (tertiary/aromatic N) is 2. The zero-order valence-corrected chi connectivity index (χ0v) is 17.2. The van der Waals surface area contributed by atoms with Crippen LogP contribution in [0.5, 0.6) is 0 Å². The normalized spacial score (nSPS) is 21.0. The second-order valence-electron chi connectivity index (χ2n) is 5.25. The van der Waals surface area contributed by atoms with Gasteiger partial charge in [0.25, 0.3) is 0 Å². The molecule has 2 aromatic rings. The number of anilines is 1. The van der Waals surface area contributed by atoms with Crippen LogP contribution in [0.2, 0.25) is 0 Å². The van der Waals surface area contributed by atoms with E-state index in [1.54, 1.807) is 0 Å². The van der Waals surface area contributed by atoms with Crippen molar-refractivity contribution >= 4 is 26.7 Å². The molecule has 4 heteroatoms. The van der Waals surface area contributed by atoms with Crippen molar-refractivity contribution < 1.29 is 4.74 Å². The summed E-state index contributed by atoms with van der Waals surface area (Å²) < 4.78 is 6.94. The van der Waals surface area contributed by atoms with Gasteiger partial charge >= 0.3 is 0 Å². The van der Waals surface area contributed by atoms with Crippen LogP contribution in [0.4, 0.5) is 5.13 Å². The minimum Gasteiger partial charge on any atom is -0.377 e. The number of rotatable bonds is 1. The molecule has 3 heterocycles. The highest BCUT2D eigenvalue weighted by atomic mass is 32.1. The Bertz CT molecular complexity index is 580. The molecular formula is C20H34N2OS. The molecule has 2 atom stereocenters. The number of aromatic nitrogens is 1. The molecule has 4 rings (SSSR count). The van der Waals surface area contributed by atoms with Gasteiger partial charge in [0.2, 0.25) is 0 Å². The Morgan fingerprint density at radius 2 is 1.58 bits per heavy atom. The van der Waals surface area contributed by atoms with E-state index in [1.807, 2.05) is 52.9 Å². The van der Waals surface area contributed by atoms with E-state index in [0.29, 0.717) is 12.1 Å². The van der Waals surface area contributed by atoms with Gasteiger partial charge in [0.1, 0.15) is 0 Å². The smallest absolute Gasteiger partial charge is 0.187 e. The molecule has 2 aliphatic heterocycles. The summed E-state index contributed by atoms with van der Waals surface area (Å²) in [5, 5.41) is 1.19. The van der Waals surface area contributed by atoms with Crippen molar-refractivity contribution in [2.45, 2.75) is 73.4 Å². The van der Waals surface area contributed by atoms with Crippen LogP contribution in [0, 0.1) is 6.92 Å². The Morgan fingerprint density at radius 1 is 1.00 bits per heavy atom. The number of benzene rings is 1. The predicted molar refractivity (Wildman–Crippen MR) is 109 cm³/mol. The molecule has 0 spiro atoms. The topological polar surface area (TPSA) is 25.4 Å². The molecule has 0 aliphatic carbocycles. The van der Waals surface area contributed by atoms with Gasteiger partial charge in [-0.15, -0.1) is 0 Å². The third-order valence-electron chi connectivity index (χ3n) is 4.07. The molecule has 2 aliphatic rings. The van der Waals surface area contributed by atoms with Gasteiger partial charge in [-0.05, 0) is 31.4 Å².